The van der Waals surface area contributed by atoms with Crippen LogP contribution < -0.4 is 0 Å². The fourth-order valence-electron chi connectivity index (χ4n) is 0.0505. The van der Waals surface area contributed by atoms with Crippen LogP contribution >= 0.6 is 46.4 Å². The van der Waals surface area contributed by atoms with Gasteiger partial charge in [-0.25, -0.2) is 0 Å². The van der Waals surface area contributed by atoms with E-state index in [0.29, 0.717) is 0 Å². The minimum absolute atomic E-state index is 0.0386. The summed E-state index contributed by atoms with van der Waals surface area (Å²) < 4.78 is 0.0386. The van der Waals surface area contributed by atoms with Gasteiger partial charge in [-0.15, -0.1) is 18.2 Å². The minimum atomic E-state index is 0.0386. The largest absolute Gasteiger partial charge is 0.122 e. The smallest absolute Gasteiger partial charge is 0.120 e. The third-order valence-electron chi connectivity index (χ3n) is 0.322. The van der Waals surface area contributed by atoms with Crippen LogP contribution in [0.25, 0.3) is 0 Å². The number of alkyl halides is 1. The minimum Gasteiger partial charge on any atom is -0.120 e. The van der Waals surface area contributed by atoms with Gasteiger partial charge in [0.2, 0.25) is 0 Å². The highest BCUT2D eigenvalue weighted by Crippen LogP contribution is 2.17. The van der Waals surface area contributed by atoms with Crippen molar-refractivity contribution in [1.29, 1.82) is 0 Å². The van der Waals surface area contributed by atoms with E-state index in [2.05, 4.69) is 6.58 Å². The lowest BCUT2D eigenvalue weighted by atomic mass is 10.7. The van der Waals surface area contributed by atoms with Crippen LogP contribution in [0.1, 0.15) is 6.92 Å². The molecule has 0 saturated carbocycles. The lowest BCUT2D eigenvalue weighted by molar-refractivity contribution is 1.69. The number of hydrogen-bond acceptors (Lipinski definition) is 0. The Labute approximate surface area is 81.4 Å². The van der Waals surface area contributed by atoms with Gasteiger partial charge in [-0.2, -0.15) is 0 Å². The van der Waals surface area contributed by atoms with Gasteiger partial charge in [-0.1, -0.05) is 40.9 Å². The lowest BCUT2D eigenvalue weighted by Gasteiger charge is -1.85. The molecule has 10 heavy (non-hydrogen) atoms. The molecule has 0 saturated heterocycles. The van der Waals surface area contributed by atoms with Gasteiger partial charge in [-0.3, -0.25) is 0 Å². The monoisotopic (exact) mass is 220 g/mol. The standard InChI is InChI=1S/C3H2Cl4.C3H6/c4-1-2(5)3(6)7;1-3-2/h1H2;3H,1H2,2H3. The zero-order valence-electron chi connectivity index (χ0n) is 5.50. The summed E-state index contributed by atoms with van der Waals surface area (Å²) >= 11 is 20.8. The van der Waals surface area contributed by atoms with Gasteiger partial charge in [0, 0.05) is 0 Å². The van der Waals surface area contributed by atoms with Crippen LogP contribution in [0.3, 0.4) is 0 Å². The van der Waals surface area contributed by atoms with Crippen molar-refractivity contribution in [1.82, 2.24) is 0 Å². The van der Waals surface area contributed by atoms with Crippen molar-refractivity contribution in [2.45, 2.75) is 6.92 Å². The first-order chi connectivity index (χ1) is 4.59. The molecule has 0 bridgehead atoms. The quantitative estimate of drug-likeness (QED) is 0.458. The van der Waals surface area contributed by atoms with Crippen molar-refractivity contribution in [2.75, 3.05) is 5.88 Å². The van der Waals surface area contributed by atoms with E-state index in [9.17, 15) is 0 Å². The summed E-state index contributed by atoms with van der Waals surface area (Å²) in [6.07, 6.45) is 1.75. The summed E-state index contributed by atoms with van der Waals surface area (Å²) in [5, 5.41) is 0.282. The molecule has 0 atom stereocenters. The molecule has 0 aromatic carbocycles. The second kappa shape index (κ2) is 9.64. The zero-order valence-corrected chi connectivity index (χ0v) is 8.53. The molecular formula is C6H8Cl4. The van der Waals surface area contributed by atoms with Crippen LogP contribution in [0.5, 0.6) is 0 Å². The molecule has 0 unspecified atom stereocenters. The summed E-state index contributed by atoms with van der Waals surface area (Å²) in [6, 6.07) is 0. The van der Waals surface area contributed by atoms with E-state index in [1.165, 1.54) is 0 Å². The van der Waals surface area contributed by atoms with Gasteiger partial charge in [0.25, 0.3) is 0 Å². The Balaban J connectivity index is 0. The molecular weight excluding hydrogens is 214 g/mol. The summed E-state index contributed by atoms with van der Waals surface area (Å²) in [5.74, 6) is 0.171. The zero-order chi connectivity index (χ0) is 8.57. The van der Waals surface area contributed by atoms with Crippen molar-refractivity contribution < 1.29 is 0 Å². The fraction of sp³-hybridized carbons (Fsp3) is 0.333. The Morgan fingerprint density at radius 2 is 1.70 bits per heavy atom. The Bertz CT molecular complexity index is 113. The van der Waals surface area contributed by atoms with Gasteiger partial charge in [0.15, 0.2) is 0 Å². The van der Waals surface area contributed by atoms with E-state index in [1.54, 1.807) is 6.08 Å². The Morgan fingerprint density at radius 3 is 1.70 bits per heavy atom. The molecule has 0 nitrogen and oxygen atoms in total. The van der Waals surface area contributed by atoms with E-state index in [-0.39, 0.29) is 15.4 Å². The van der Waals surface area contributed by atoms with Crippen molar-refractivity contribution in [3.63, 3.8) is 0 Å². The topological polar surface area (TPSA) is 0 Å². The van der Waals surface area contributed by atoms with Gasteiger partial charge in [0.1, 0.15) is 4.49 Å². The van der Waals surface area contributed by atoms with Crippen LogP contribution in [0.15, 0.2) is 22.2 Å². The van der Waals surface area contributed by atoms with Crippen molar-refractivity contribution >= 4 is 46.4 Å². The van der Waals surface area contributed by atoms with Crippen LogP contribution in [0.2, 0.25) is 0 Å². The Morgan fingerprint density at radius 1 is 1.40 bits per heavy atom. The highest BCUT2D eigenvalue weighted by atomic mass is 35.5. The Kier molecular flexibility index (Phi) is 12.8. The average molecular weight is 222 g/mol. The summed E-state index contributed by atoms with van der Waals surface area (Å²) in [7, 11) is 0. The lowest BCUT2D eigenvalue weighted by Crippen LogP contribution is -1.69. The molecule has 0 aliphatic carbocycles. The molecule has 0 rings (SSSR count). The first kappa shape index (κ1) is 13.2. The maximum atomic E-state index is 5.28. The van der Waals surface area contributed by atoms with Crippen LogP contribution in [0, 0.1) is 0 Å². The Hall–Kier alpha value is 0.640. The number of allylic oxidation sites excluding steroid dienone is 2. The first-order valence-electron chi connectivity index (χ1n) is 2.42. The van der Waals surface area contributed by atoms with Crippen molar-refractivity contribution in [3.8, 4) is 0 Å². The molecule has 0 amide bonds. The second-order valence-corrected chi connectivity index (χ2v) is 2.88. The molecule has 60 valence electrons. The third-order valence-corrected chi connectivity index (χ3v) is 1.70. The highest BCUT2D eigenvalue weighted by molar-refractivity contribution is 6.60. The number of hydrogen-bond donors (Lipinski definition) is 0. The van der Waals surface area contributed by atoms with Crippen LogP contribution in [-0.2, 0) is 0 Å². The molecule has 0 aromatic heterocycles. The molecule has 0 N–H and O–H groups in total. The molecule has 0 spiro atoms. The molecule has 0 fully saturated rings. The van der Waals surface area contributed by atoms with E-state index in [0.717, 1.165) is 0 Å². The number of halogens is 4. The van der Waals surface area contributed by atoms with E-state index in [4.69, 9.17) is 46.4 Å². The molecule has 0 aromatic rings. The second-order valence-electron chi connectivity index (χ2n) is 1.21. The SMILES string of the molecule is C=CC.ClCC(Cl)=C(Cl)Cl. The molecule has 0 heterocycles. The summed E-state index contributed by atoms with van der Waals surface area (Å²) in [5.41, 5.74) is 0. The molecule has 0 aliphatic heterocycles. The van der Waals surface area contributed by atoms with Crippen molar-refractivity contribution in [2.24, 2.45) is 0 Å². The van der Waals surface area contributed by atoms with Crippen molar-refractivity contribution in [3.05, 3.63) is 22.2 Å². The van der Waals surface area contributed by atoms with Crippen LogP contribution in [-0.4, -0.2) is 5.88 Å². The van der Waals surface area contributed by atoms with Gasteiger partial charge in [-0.05, 0) is 6.92 Å². The molecule has 4 heteroatoms. The molecule has 0 aliphatic rings. The maximum absolute atomic E-state index is 5.28. The van der Waals surface area contributed by atoms with E-state index < -0.39 is 0 Å². The third kappa shape index (κ3) is 11.4. The first-order valence-corrected chi connectivity index (χ1v) is 4.09. The highest BCUT2D eigenvalue weighted by Gasteiger charge is 1.92. The van der Waals surface area contributed by atoms with E-state index >= 15 is 0 Å². The predicted octanol–water partition coefficient (Wildman–Crippen LogP) is 4.30. The molecule has 0 radical (unpaired) electrons. The van der Waals surface area contributed by atoms with Gasteiger partial charge >= 0.3 is 0 Å². The van der Waals surface area contributed by atoms with Crippen LogP contribution in [0.4, 0.5) is 0 Å². The van der Waals surface area contributed by atoms with Gasteiger partial charge < -0.3 is 0 Å². The number of rotatable bonds is 1. The summed E-state index contributed by atoms with van der Waals surface area (Å²) in [4.78, 5) is 0. The fourth-order valence-corrected chi connectivity index (χ4v) is 0.455. The average Bonchev–Trinajstić information content (AvgIpc) is 1.88. The predicted molar refractivity (Wildman–Crippen MR) is 51.2 cm³/mol. The summed E-state index contributed by atoms with van der Waals surface area (Å²) in [6.45, 7) is 5.25. The van der Waals surface area contributed by atoms with Gasteiger partial charge in [0.05, 0.1) is 10.9 Å². The maximum Gasteiger partial charge on any atom is 0.122 e. The normalized spacial score (nSPS) is 7.30. The van der Waals surface area contributed by atoms with E-state index in [1.807, 2.05) is 6.92 Å².